The van der Waals surface area contributed by atoms with Gasteiger partial charge in [0.25, 0.3) is 0 Å². The van der Waals surface area contributed by atoms with E-state index in [0.29, 0.717) is 0 Å². The third-order valence-electron chi connectivity index (χ3n) is 0.972. The van der Waals surface area contributed by atoms with Crippen LogP contribution in [0.4, 0.5) is 0 Å². The summed E-state index contributed by atoms with van der Waals surface area (Å²) in [4.78, 5) is 19.7. The SMILES string of the molecule is N[C@@H](CCC(=O)O)C(=O)[O-].[H-].[K+].[Na+]. The maximum atomic E-state index is 9.88. The van der Waals surface area contributed by atoms with Gasteiger partial charge in [0.15, 0.2) is 0 Å². The number of carbonyl (C=O) groups is 2. The van der Waals surface area contributed by atoms with Crippen molar-refractivity contribution in [2.24, 2.45) is 5.73 Å². The van der Waals surface area contributed by atoms with Crippen LogP contribution in [0, 0.1) is 0 Å². The molecule has 0 aliphatic carbocycles. The molecule has 5 nitrogen and oxygen atoms in total. The number of carboxylic acid groups (broad SMARTS) is 2. The van der Waals surface area contributed by atoms with Crippen molar-refractivity contribution in [2.45, 2.75) is 18.9 Å². The third-order valence-corrected chi connectivity index (χ3v) is 0.972. The number of hydrogen-bond acceptors (Lipinski definition) is 4. The monoisotopic (exact) mass is 209 g/mol. The topological polar surface area (TPSA) is 103 Å². The van der Waals surface area contributed by atoms with Gasteiger partial charge in [0.05, 0.1) is 5.97 Å². The molecule has 0 spiro atoms. The largest absolute Gasteiger partial charge is 1.00 e. The minimum atomic E-state index is -1.42. The molecule has 0 unspecified atom stereocenters. The molecule has 12 heavy (non-hydrogen) atoms. The number of rotatable bonds is 4. The van der Waals surface area contributed by atoms with Gasteiger partial charge in [0.2, 0.25) is 0 Å². The van der Waals surface area contributed by atoms with E-state index in [4.69, 9.17) is 10.8 Å². The average molecular weight is 209 g/mol. The van der Waals surface area contributed by atoms with Crippen LogP contribution in [0.25, 0.3) is 0 Å². The first-order valence-electron chi connectivity index (χ1n) is 2.72. The number of carbonyl (C=O) groups excluding carboxylic acids is 1. The molecule has 0 radical (unpaired) electrons. The molecule has 0 aromatic rings. The Labute approximate surface area is 136 Å². The Morgan fingerprint density at radius 2 is 2.00 bits per heavy atom. The predicted molar refractivity (Wildman–Crippen MR) is 31.0 cm³/mol. The molecule has 0 aromatic carbocycles. The predicted octanol–water partition coefficient (Wildman–Crippen LogP) is -7.95. The van der Waals surface area contributed by atoms with E-state index in [9.17, 15) is 14.7 Å². The average Bonchev–Trinajstić information content (AvgIpc) is 1.82. The number of aliphatic carboxylic acids is 2. The second kappa shape index (κ2) is 10.6. The van der Waals surface area contributed by atoms with Gasteiger partial charge in [0, 0.05) is 12.5 Å². The Hall–Kier alpha value is 1.54. The summed E-state index contributed by atoms with van der Waals surface area (Å²) in [6.45, 7) is 0. The van der Waals surface area contributed by atoms with E-state index in [1.165, 1.54) is 0 Å². The van der Waals surface area contributed by atoms with Crippen LogP contribution in [0.3, 0.4) is 0 Å². The van der Waals surface area contributed by atoms with Crippen LogP contribution in [0.5, 0.6) is 0 Å². The molecule has 0 amide bonds. The second-order valence-electron chi connectivity index (χ2n) is 1.86. The van der Waals surface area contributed by atoms with Crippen LogP contribution in [0.1, 0.15) is 14.3 Å². The number of hydrogen-bond donors (Lipinski definition) is 2. The molecule has 0 fully saturated rings. The van der Waals surface area contributed by atoms with Crippen molar-refractivity contribution >= 4 is 11.9 Å². The summed E-state index contributed by atoms with van der Waals surface area (Å²) in [5, 5.41) is 18.0. The van der Waals surface area contributed by atoms with Gasteiger partial charge in [-0.3, -0.25) is 4.79 Å². The second-order valence-corrected chi connectivity index (χ2v) is 1.86. The Kier molecular flexibility index (Phi) is 17.0. The zero-order valence-corrected chi connectivity index (χ0v) is 12.4. The summed E-state index contributed by atoms with van der Waals surface area (Å²) in [6.07, 6.45) is -0.327. The standard InChI is InChI=1S/C5H9NO4.K.Na.H/c6-3(5(9)10)1-2-4(7)8;;;/h3H,1-2,6H2,(H,7,8)(H,9,10);;;/q;2*+1;-1/p-1/t3-;;;/m0.../s1. The normalized spacial score (nSPS) is 10.4. The van der Waals surface area contributed by atoms with E-state index >= 15 is 0 Å². The Morgan fingerprint density at radius 1 is 1.58 bits per heavy atom. The van der Waals surface area contributed by atoms with Gasteiger partial charge >= 0.3 is 86.9 Å². The van der Waals surface area contributed by atoms with E-state index in [2.05, 4.69) is 0 Å². The molecule has 3 N–H and O–H groups in total. The van der Waals surface area contributed by atoms with Crippen molar-refractivity contribution in [1.82, 2.24) is 0 Å². The molecule has 0 heterocycles. The van der Waals surface area contributed by atoms with Crippen LogP contribution in [0.15, 0.2) is 0 Å². The smallest absolute Gasteiger partial charge is 1.00 e. The fraction of sp³-hybridized carbons (Fsp3) is 0.600. The molecular formula is C5H9KNNaO4. The van der Waals surface area contributed by atoms with Gasteiger partial charge in [-0.05, 0) is 6.42 Å². The quantitative estimate of drug-likeness (QED) is 0.448. The Balaban J connectivity index is -0.000000135. The summed E-state index contributed by atoms with van der Waals surface area (Å²) in [5.41, 5.74) is 4.94. The summed E-state index contributed by atoms with van der Waals surface area (Å²) >= 11 is 0. The fourth-order valence-corrected chi connectivity index (χ4v) is 0.397. The van der Waals surface area contributed by atoms with Crippen LogP contribution >= 0.6 is 0 Å². The molecule has 1 atom stereocenters. The van der Waals surface area contributed by atoms with E-state index in [1.54, 1.807) is 0 Å². The van der Waals surface area contributed by atoms with Crippen LogP contribution in [-0.4, -0.2) is 23.1 Å². The van der Waals surface area contributed by atoms with E-state index < -0.39 is 18.0 Å². The fourth-order valence-electron chi connectivity index (χ4n) is 0.397. The number of nitrogens with two attached hydrogens (primary N) is 1. The van der Waals surface area contributed by atoms with Gasteiger partial charge in [-0.2, -0.15) is 0 Å². The van der Waals surface area contributed by atoms with Gasteiger partial charge < -0.3 is 22.2 Å². The molecule has 0 rings (SSSR count). The Bertz CT molecular complexity index is 159. The summed E-state index contributed by atoms with van der Waals surface area (Å²) < 4.78 is 0. The molecule has 7 heteroatoms. The molecule has 0 saturated carbocycles. The number of carboxylic acids is 2. The van der Waals surface area contributed by atoms with Gasteiger partial charge in [-0.25, -0.2) is 0 Å². The molecule has 0 aliphatic rings. The van der Waals surface area contributed by atoms with Crippen molar-refractivity contribution in [3.63, 3.8) is 0 Å². The molecule has 0 aliphatic heterocycles. The minimum Gasteiger partial charge on any atom is -1.00 e. The van der Waals surface area contributed by atoms with Gasteiger partial charge in [0.1, 0.15) is 0 Å². The molecule has 60 valence electrons. The third kappa shape index (κ3) is 11.5. The van der Waals surface area contributed by atoms with Crippen molar-refractivity contribution in [2.75, 3.05) is 0 Å². The Morgan fingerprint density at radius 3 is 2.25 bits per heavy atom. The first kappa shape index (κ1) is 19.2. The zero-order chi connectivity index (χ0) is 8.15. The first-order valence-corrected chi connectivity index (χ1v) is 2.72. The molecule has 0 saturated heterocycles. The van der Waals surface area contributed by atoms with E-state index in [-0.39, 0.29) is 95.2 Å². The molecule has 0 bridgehead atoms. The van der Waals surface area contributed by atoms with E-state index in [0.717, 1.165) is 0 Å². The maximum Gasteiger partial charge on any atom is 1.00 e. The first-order chi connectivity index (χ1) is 4.54. The summed E-state index contributed by atoms with van der Waals surface area (Å²) in [7, 11) is 0. The van der Waals surface area contributed by atoms with Crippen molar-refractivity contribution in [3.05, 3.63) is 0 Å². The van der Waals surface area contributed by atoms with Gasteiger partial charge in [-0.15, -0.1) is 0 Å². The molecule has 0 aromatic heterocycles. The van der Waals surface area contributed by atoms with Crippen LogP contribution in [-0.2, 0) is 9.59 Å². The van der Waals surface area contributed by atoms with Crippen molar-refractivity contribution in [1.29, 1.82) is 0 Å². The van der Waals surface area contributed by atoms with E-state index in [1.807, 2.05) is 0 Å². The van der Waals surface area contributed by atoms with Gasteiger partial charge in [-0.1, -0.05) is 0 Å². The summed E-state index contributed by atoms with van der Waals surface area (Å²) in [6, 6.07) is -1.17. The maximum absolute atomic E-state index is 9.88. The van der Waals surface area contributed by atoms with Crippen LogP contribution < -0.4 is 91.8 Å². The van der Waals surface area contributed by atoms with Crippen molar-refractivity contribution in [3.8, 4) is 0 Å². The minimum absolute atomic E-state index is 0. The zero-order valence-electron chi connectivity index (χ0n) is 8.24. The molecular weight excluding hydrogens is 200 g/mol. The van der Waals surface area contributed by atoms with Crippen molar-refractivity contribution < 1.29 is 102 Å². The summed E-state index contributed by atoms with van der Waals surface area (Å²) in [5.74, 6) is -2.47. The van der Waals surface area contributed by atoms with Crippen LogP contribution in [0.2, 0.25) is 0 Å².